The van der Waals surface area contributed by atoms with Crippen molar-refractivity contribution < 1.29 is 14.7 Å². The largest absolute Gasteiger partial charge is 0.481 e. The van der Waals surface area contributed by atoms with Gasteiger partial charge in [0.15, 0.2) is 0 Å². The lowest BCUT2D eigenvalue weighted by molar-refractivity contribution is -0.146. The first-order valence-corrected chi connectivity index (χ1v) is 9.82. The number of rotatable bonds is 4. The standard InChI is InChI=1S/C22H32N2O3/c1-21(2)13-23(5)19(25)12-24(14-21)18-9-8-16-7-6-15(10-17(16)18)11-22(3,4)20(26)27/h6-7,10,18H,8-9,11-14H2,1-5H3,(H,26,27). The minimum Gasteiger partial charge on any atom is -0.481 e. The first-order chi connectivity index (χ1) is 12.5. The van der Waals surface area contributed by atoms with Gasteiger partial charge in [-0.1, -0.05) is 32.0 Å². The summed E-state index contributed by atoms with van der Waals surface area (Å²) < 4.78 is 0. The molecule has 1 aromatic carbocycles. The van der Waals surface area contributed by atoms with E-state index in [-0.39, 0.29) is 17.4 Å². The van der Waals surface area contributed by atoms with Gasteiger partial charge in [0.1, 0.15) is 0 Å². The lowest BCUT2D eigenvalue weighted by Crippen LogP contribution is -2.37. The van der Waals surface area contributed by atoms with E-state index in [4.69, 9.17) is 0 Å². The van der Waals surface area contributed by atoms with Crippen molar-refractivity contribution in [3.8, 4) is 0 Å². The Balaban J connectivity index is 1.88. The number of benzene rings is 1. The molecule has 27 heavy (non-hydrogen) atoms. The maximum absolute atomic E-state index is 12.5. The first-order valence-electron chi connectivity index (χ1n) is 9.82. The fraction of sp³-hybridized carbons (Fsp3) is 0.636. The molecule has 148 valence electrons. The average molecular weight is 373 g/mol. The summed E-state index contributed by atoms with van der Waals surface area (Å²) in [6, 6.07) is 6.64. The minimum absolute atomic E-state index is 0.0482. The van der Waals surface area contributed by atoms with Gasteiger partial charge in [0.25, 0.3) is 0 Å². The summed E-state index contributed by atoms with van der Waals surface area (Å²) in [5, 5.41) is 9.44. The van der Waals surface area contributed by atoms with Crippen LogP contribution < -0.4 is 0 Å². The van der Waals surface area contributed by atoms with Gasteiger partial charge in [-0.3, -0.25) is 14.5 Å². The van der Waals surface area contributed by atoms with Crippen molar-refractivity contribution >= 4 is 11.9 Å². The topological polar surface area (TPSA) is 60.9 Å². The summed E-state index contributed by atoms with van der Waals surface area (Å²) in [7, 11) is 1.89. The van der Waals surface area contributed by atoms with Gasteiger partial charge >= 0.3 is 5.97 Å². The molecule has 1 N–H and O–H groups in total. The van der Waals surface area contributed by atoms with E-state index in [0.29, 0.717) is 13.0 Å². The molecule has 3 rings (SSSR count). The fourth-order valence-electron chi connectivity index (χ4n) is 4.61. The Labute approximate surface area is 162 Å². The third kappa shape index (κ3) is 4.18. The van der Waals surface area contributed by atoms with E-state index in [1.807, 2.05) is 11.9 Å². The molecular weight excluding hydrogens is 340 g/mol. The number of carboxylic acid groups (broad SMARTS) is 1. The molecule has 1 fully saturated rings. The molecule has 1 saturated heterocycles. The van der Waals surface area contributed by atoms with E-state index in [0.717, 1.165) is 31.5 Å². The molecule has 0 saturated carbocycles. The van der Waals surface area contributed by atoms with Crippen LogP contribution in [0, 0.1) is 10.8 Å². The first kappa shape index (κ1) is 19.9. The molecule has 1 atom stereocenters. The van der Waals surface area contributed by atoms with E-state index >= 15 is 0 Å². The molecule has 1 amide bonds. The molecule has 0 radical (unpaired) electrons. The lowest BCUT2D eigenvalue weighted by atomic mass is 9.85. The Bertz CT molecular complexity index is 754. The number of carbonyl (C=O) groups excluding carboxylic acids is 1. The fourth-order valence-corrected chi connectivity index (χ4v) is 4.61. The highest BCUT2D eigenvalue weighted by molar-refractivity contribution is 5.78. The molecule has 1 aliphatic heterocycles. The van der Waals surface area contributed by atoms with Gasteiger partial charge in [0.05, 0.1) is 12.0 Å². The Hall–Kier alpha value is -1.88. The maximum Gasteiger partial charge on any atom is 0.309 e. The number of amides is 1. The molecule has 5 nitrogen and oxygen atoms in total. The summed E-state index contributed by atoms with van der Waals surface area (Å²) in [5.74, 6) is -0.598. The highest BCUT2D eigenvalue weighted by Crippen LogP contribution is 2.39. The lowest BCUT2D eigenvalue weighted by Gasteiger charge is -2.33. The van der Waals surface area contributed by atoms with Gasteiger partial charge in [-0.05, 0) is 55.2 Å². The molecule has 1 unspecified atom stereocenters. The van der Waals surface area contributed by atoms with Crippen LogP contribution in [-0.4, -0.2) is 53.5 Å². The van der Waals surface area contributed by atoms with Crippen LogP contribution in [0.3, 0.4) is 0 Å². The van der Waals surface area contributed by atoms with Crippen LogP contribution in [0.25, 0.3) is 0 Å². The number of aryl methyl sites for hydroxylation is 1. The molecule has 2 aliphatic rings. The minimum atomic E-state index is -0.786. The zero-order chi connectivity index (χ0) is 20.0. The van der Waals surface area contributed by atoms with Crippen molar-refractivity contribution in [2.75, 3.05) is 26.7 Å². The predicted octanol–water partition coefficient (Wildman–Crippen LogP) is 3.13. The number of carbonyl (C=O) groups is 2. The second kappa shape index (κ2) is 6.93. The molecule has 1 aromatic rings. The molecule has 0 spiro atoms. The van der Waals surface area contributed by atoms with Gasteiger partial charge in [-0.25, -0.2) is 0 Å². The van der Waals surface area contributed by atoms with Gasteiger partial charge in [-0.15, -0.1) is 0 Å². The summed E-state index contributed by atoms with van der Waals surface area (Å²) in [6.45, 7) is 10.1. The van der Waals surface area contributed by atoms with E-state index in [1.165, 1.54) is 11.1 Å². The Morgan fingerprint density at radius 1 is 1.30 bits per heavy atom. The van der Waals surface area contributed by atoms with Crippen LogP contribution in [0.4, 0.5) is 0 Å². The Morgan fingerprint density at radius 3 is 2.67 bits per heavy atom. The summed E-state index contributed by atoms with van der Waals surface area (Å²) in [4.78, 5) is 28.2. The predicted molar refractivity (Wildman–Crippen MR) is 106 cm³/mol. The van der Waals surface area contributed by atoms with Crippen LogP contribution in [0.2, 0.25) is 0 Å². The summed E-state index contributed by atoms with van der Waals surface area (Å²) in [5.41, 5.74) is 2.94. The number of fused-ring (bicyclic) bond motifs is 1. The second-order valence-corrected chi connectivity index (χ2v) is 9.77. The van der Waals surface area contributed by atoms with Gasteiger partial charge in [0.2, 0.25) is 5.91 Å². The van der Waals surface area contributed by atoms with Crippen molar-refractivity contribution in [3.63, 3.8) is 0 Å². The monoisotopic (exact) mass is 372 g/mol. The van der Waals surface area contributed by atoms with Crippen LogP contribution >= 0.6 is 0 Å². The molecule has 1 heterocycles. The highest BCUT2D eigenvalue weighted by atomic mass is 16.4. The van der Waals surface area contributed by atoms with Crippen molar-refractivity contribution in [2.24, 2.45) is 10.8 Å². The molecule has 1 aliphatic carbocycles. The average Bonchev–Trinajstić information content (AvgIpc) is 2.91. The van der Waals surface area contributed by atoms with Crippen LogP contribution in [0.15, 0.2) is 18.2 Å². The normalized spacial score (nSPS) is 23.2. The maximum atomic E-state index is 12.5. The number of carboxylic acids is 1. The smallest absolute Gasteiger partial charge is 0.309 e. The SMILES string of the molecule is CN1CC(C)(C)CN(C2CCc3ccc(CC(C)(C)C(=O)O)cc32)CC1=O. The van der Waals surface area contributed by atoms with Crippen molar-refractivity contribution in [2.45, 2.75) is 53.0 Å². The summed E-state index contributed by atoms with van der Waals surface area (Å²) in [6.07, 6.45) is 2.55. The van der Waals surface area contributed by atoms with Gasteiger partial charge in [-0.2, -0.15) is 0 Å². The van der Waals surface area contributed by atoms with Crippen LogP contribution in [0.5, 0.6) is 0 Å². The number of nitrogens with zero attached hydrogens (tertiary/aromatic N) is 2. The van der Waals surface area contributed by atoms with Crippen molar-refractivity contribution in [1.29, 1.82) is 0 Å². The van der Waals surface area contributed by atoms with Crippen LogP contribution in [-0.2, 0) is 22.4 Å². The van der Waals surface area contributed by atoms with E-state index < -0.39 is 11.4 Å². The van der Waals surface area contributed by atoms with Crippen LogP contribution in [0.1, 0.15) is 56.8 Å². The Kier molecular flexibility index (Phi) is 5.10. The van der Waals surface area contributed by atoms with E-state index in [1.54, 1.807) is 13.8 Å². The molecule has 5 heteroatoms. The zero-order valence-electron chi connectivity index (χ0n) is 17.2. The van der Waals surface area contributed by atoms with E-state index in [2.05, 4.69) is 36.9 Å². The third-order valence-corrected chi connectivity index (χ3v) is 5.98. The quantitative estimate of drug-likeness (QED) is 0.882. The van der Waals surface area contributed by atoms with Gasteiger partial charge in [0, 0.05) is 26.2 Å². The molecule has 0 bridgehead atoms. The third-order valence-electron chi connectivity index (χ3n) is 5.98. The van der Waals surface area contributed by atoms with E-state index in [9.17, 15) is 14.7 Å². The zero-order valence-corrected chi connectivity index (χ0v) is 17.2. The number of aliphatic carboxylic acids is 1. The molecule has 0 aromatic heterocycles. The highest BCUT2D eigenvalue weighted by Gasteiger charge is 2.37. The van der Waals surface area contributed by atoms with Gasteiger partial charge < -0.3 is 10.0 Å². The molecular formula is C22H32N2O3. The number of hydrogen-bond donors (Lipinski definition) is 1. The second-order valence-electron chi connectivity index (χ2n) is 9.77. The number of hydrogen-bond acceptors (Lipinski definition) is 3. The number of likely N-dealkylation sites (N-methyl/N-ethyl adjacent to an activating group) is 1. The van der Waals surface area contributed by atoms with Crippen molar-refractivity contribution in [1.82, 2.24) is 9.80 Å². The van der Waals surface area contributed by atoms with Crippen molar-refractivity contribution in [3.05, 3.63) is 34.9 Å². The summed E-state index contributed by atoms with van der Waals surface area (Å²) >= 11 is 0. The Morgan fingerprint density at radius 2 is 2.00 bits per heavy atom.